The summed E-state index contributed by atoms with van der Waals surface area (Å²) < 4.78 is 31.3. The van der Waals surface area contributed by atoms with Gasteiger partial charge in [-0.1, -0.05) is 0 Å². The smallest absolute Gasteiger partial charge is 0.123 e. The molecule has 7 heteroatoms. The van der Waals surface area contributed by atoms with Gasteiger partial charge in [0, 0.05) is 66.0 Å². The zero-order valence-electron chi connectivity index (χ0n) is 25.2. The lowest BCUT2D eigenvalue weighted by molar-refractivity contribution is 0.281. The fourth-order valence-electron chi connectivity index (χ4n) is 7.11. The number of halogens is 2. The highest BCUT2D eigenvalue weighted by molar-refractivity contribution is 5.86. The van der Waals surface area contributed by atoms with E-state index in [0.29, 0.717) is 0 Å². The molecule has 0 saturated heterocycles. The van der Waals surface area contributed by atoms with Crippen LogP contribution < -0.4 is 0 Å². The van der Waals surface area contributed by atoms with E-state index in [0.717, 1.165) is 65.9 Å². The van der Waals surface area contributed by atoms with Crippen molar-refractivity contribution in [1.29, 1.82) is 0 Å². The topological polar surface area (TPSA) is 55.9 Å². The lowest BCUT2D eigenvalue weighted by Gasteiger charge is -2.11. The third-order valence-electron chi connectivity index (χ3n) is 9.05. The summed E-state index contributed by atoms with van der Waals surface area (Å²) >= 11 is 0. The second kappa shape index (κ2) is 12.3. The molecule has 226 valence electrons. The summed E-state index contributed by atoms with van der Waals surface area (Å²) in [4.78, 5) is 8.21. The third kappa shape index (κ3) is 5.27. The van der Waals surface area contributed by atoms with Gasteiger partial charge in [-0.15, -0.1) is 0 Å². The van der Waals surface area contributed by atoms with Crippen LogP contribution in [-0.2, 0) is 32.5 Å². The van der Waals surface area contributed by atoms with Gasteiger partial charge in [-0.3, -0.25) is 9.97 Å². The van der Waals surface area contributed by atoms with Crippen LogP contribution in [0.25, 0.3) is 44.8 Å². The van der Waals surface area contributed by atoms with Crippen molar-refractivity contribution in [2.45, 2.75) is 52.3 Å². The normalized spacial score (nSPS) is 13.3. The summed E-state index contributed by atoms with van der Waals surface area (Å²) in [6.07, 6.45) is 11.5. The average Bonchev–Trinajstić information content (AvgIpc) is 3.86. The highest BCUT2D eigenvalue weighted by atomic mass is 19.1. The van der Waals surface area contributed by atoms with Gasteiger partial charge >= 0.3 is 0 Å². The Morgan fingerprint density at radius 3 is 1.56 bits per heavy atom. The Morgan fingerprint density at radius 1 is 0.600 bits per heavy atom. The van der Waals surface area contributed by atoms with E-state index in [9.17, 15) is 13.9 Å². The molecule has 0 spiro atoms. The first kappa shape index (κ1) is 28.9. The van der Waals surface area contributed by atoms with Gasteiger partial charge in [0.2, 0.25) is 0 Å². The van der Waals surface area contributed by atoms with Crippen LogP contribution in [0, 0.1) is 18.6 Å². The number of nitrogens with zero attached hydrogens (tertiary/aromatic N) is 4. The van der Waals surface area contributed by atoms with Crippen molar-refractivity contribution in [3.05, 3.63) is 132 Å². The van der Waals surface area contributed by atoms with Crippen molar-refractivity contribution in [3.63, 3.8) is 0 Å². The molecule has 5 nitrogen and oxygen atoms in total. The standard InChI is InChI=1S/C19H17FN2O.C19H17FN2/c20-15-5-3-14(4-6-15)19-18(13-7-9-21-10-8-13)16(12-23)17-2-1-11-22(17)19;1-13-17-3-2-12-22(17)19(15-4-6-16(20)7-5-15)18(13)14-8-10-21-11-9-14/h3-10,23H,1-2,11-12H2;4-11H,2-3,12H2,1H3. The zero-order chi connectivity index (χ0) is 30.9. The molecule has 2 aromatic carbocycles. The zero-order valence-corrected chi connectivity index (χ0v) is 25.2. The highest BCUT2D eigenvalue weighted by Gasteiger charge is 2.27. The van der Waals surface area contributed by atoms with Crippen molar-refractivity contribution in [1.82, 2.24) is 19.1 Å². The lowest BCUT2D eigenvalue weighted by atomic mass is 9.97. The van der Waals surface area contributed by atoms with E-state index in [2.05, 4.69) is 26.0 Å². The first-order valence-electron chi connectivity index (χ1n) is 15.4. The van der Waals surface area contributed by atoms with E-state index >= 15 is 0 Å². The Bertz CT molecular complexity index is 1940. The Labute approximate surface area is 261 Å². The van der Waals surface area contributed by atoms with E-state index < -0.39 is 0 Å². The Kier molecular flexibility index (Phi) is 7.86. The molecule has 2 aliphatic heterocycles. The van der Waals surface area contributed by atoms with Crippen molar-refractivity contribution in [2.24, 2.45) is 0 Å². The van der Waals surface area contributed by atoms with E-state index in [4.69, 9.17) is 0 Å². The second-order valence-corrected chi connectivity index (χ2v) is 11.6. The molecule has 0 saturated carbocycles. The number of hydrogen-bond acceptors (Lipinski definition) is 3. The van der Waals surface area contributed by atoms with Crippen LogP contribution in [0.4, 0.5) is 8.78 Å². The van der Waals surface area contributed by atoms with Crippen LogP contribution in [0.2, 0.25) is 0 Å². The molecule has 8 rings (SSSR count). The molecule has 4 aromatic heterocycles. The number of aromatic nitrogens is 4. The van der Waals surface area contributed by atoms with Crippen LogP contribution in [0.3, 0.4) is 0 Å². The van der Waals surface area contributed by atoms with Crippen LogP contribution in [0.15, 0.2) is 97.6 Å². The minimum Gasteiger partial charge on any atom is -0.392 e. The number of benzene rings is 2. The molecular formula is C38H34F2N4O. The average molecular weight is 601 g/mol. The van der Waals surface area contributed by atoms with Gasteiger partial charge in [0.25, 0.3) is 0 Å². The number of aliphatic hydroxyl groups excluding tert-OH is 1. The minimum absolute atomic E-state index is 0.00812. The molecule has 45 heavy (non-hydrogen) atoms. The maximum atomic E-state index is 13.3. The molecular weight excluding hydrogens is 566 g/mol. The Balaban J connectivity index is 0.000000145. The van der Waals surface area contributed by atoms with Crippen molar-refractivity contribution in [2.75, 3.05) is 0 Å². The monoisotopic (exact) mass is 600 g/mol. The van der Waals surface area contributed by atoms with Crippen LogP contribution in [-0.4, -0.2) is 24.2 Å². The van der Waals surface area contributed by atoms with Gasteiger partial charge < -0.3 is 14.2 Å². The fourth-order valence-corrected chi connectivity index (χ4v) is 7.11. The molecule has 0 amide bonds. The largest absolute Gasteiger partial charge is 0.392 e. The summed E-state index contributed by atoms with van der Waals surface area (Å²) in [6, 6.07) is 21.4. The molecule has 6 aromatic rings. The highest BCUT2D eigenvalue weighted by Crippen LogP contribution is 2.43. The van der Waals surface area contributed by atoms with E-state index in [1.165, 1.54) is 64.5 Å². The maximum absolute atomic E-state index is 13.3. The van der Waals surface area contributed by atoms with E-state index in [-0.39, 0.29) is 18.2 Å². The molecule has 0 radical (unpaired) electrons. The maximum Gasteiger partial charge on any atom is 0.123 e. The number of aliphatic hydroxyl groups is 1. The Hall–Kier alpha value is -4.88. The lowest BCUT2D eigenvalue weighted by Crippen LogP contribution is -1.96. The molecule has 0 atom stereocenters. The van der Waals surface area contributed by atoms with Crippen molar-refractivity contribution >= 4 is 0 Å². The van der Waals surface area contributed by atoms with Crippen molar-refractivity contribution < 1.29 is 13.9 Å². The molecule has 2 aliphatic rings. The van der Waals surface area contributed by atoms with Crippen molar-refractivity contribution in [3.8, 4) is 44.8 Å². The molecule has 1 N–H and O–H groups in total. The van der Waals surface area contributed by atoms with Gasteiger partial charge in [-0.05, 0) is 133 Å². The van der Waals surface area contributed by atoms with E-state index in [1.807, 2.05) is 60.9 Å². The van der Waals surface area contributed by atoms with Crippen LogP contribution >= 0.6 is 0 Å². The summed E-state index contributed by atoms with van der Waals surface area (Å²) in [5.74, 6) is -0.436. The predicted octanol–water partition coefficient (Wildman–Crippen LogP) is 8.41. The SMILES string of the molecule is Cc1c(-c2ccncc2)c(-c2ccc(F)cc2)n2c1CCC2.OCc1c(-c2ccncc2)c(-c2ccc(F)cc2)n2c1CCC2. The molecule has 6 heterocycles. The van der Waals surface area contributed by atoms with Crippen LogP contribution in [0.1, 0.15) is 35.4 Å². The Morgan fingerprint density at radius 2 is 1.04 bits per heavy atom. The molecule has 0 aliphatic carbocycles. The molecule has 0 bridgehead atoms. The van der Waals surface area contributed by atoms with Gasteiger partial charge in [0.15, 0.2) is 0 Å². The molecule has 0 unspecified atom stereocenters. The first-order chi connectivity index (χ1) is 22.0. The second-order valence-electron chi connectivity index (χ2n) is 11.6. The fraction of sp³-hybridized carbons (Fsp3) is 0.211. The number of pyridine rings is 2. The quantitative estimate of drug-likeness (QED) is 0.216. The van der Waals surface area contributed by atoms with Gasteiger partial charge in [-0.25, -0.2) is 8.78 Å². The summed E-state index contributed by atoms with van der Waals surface area (Å²) in [7, 11) is 0. The number of rotatable bonds is 5. The first-order valence-corrected chi connectivity index (χ1v) is 15.4. The van der Waals surface area contributed by atoms with Crippen LogP contribution in [0.5, 0.6) is 0 Å². The number of fused-ring (bicyclic) bond motifs is 2. The summed E-state index contributed by atoms with van der Waals surface area (Å²) in [5, 5.41) is 9.96. The van der Waals surface area contributed by atoms with Gasteiger partial charge in [0.1, 0.15) is 11.6 Å². The third-order valence-corrected chi connectivity index (χ3v) is 9.05. The summed E-state index contributed by atoms with van der Waals surface area (Å²) in [6.45, 7) is 4.17. The van der Waals surface area contributed by atoms with E-state index in [1.54, 1.807) is 12.4 Å². The van der Waals surface area contributed by atoms with Gasteiger partial charge in [0.05, 0.1) is 18.0 Å². The summed E-state index contributed by atoms with van der Waals surface area (Å²) in [5.41, 5.74) is 13.7. The van der Waals surface area contributed by atoms with Gasteiger partial charge in [-0.2, -0.15) is 0 Å². The predicted molar refractivity (Wildman–Crippen MR) is 173 cm³/mol. The minimum atomic E-state index is -0.241. The number of hydrogen-bond donors (Lipinski definition) is 1. The molecule has 0 fully saturated rings.